The molecule has 5 rings (SSSR count). The van der Waals surface area contributed by atoms with Gasteiger partial charge >= 0.3 is 0 Å². The average Bonchev–Trinajstić information content (AvgIpc) is 3.09. The summed E-state index contributed by atoms with van der Waals surface area (Å²) in [5.74, 6) is 1.23. The first-order valence-electron chi connectivity index (χ1n) is 8.07. The van der Waals surface area contributed by atoms with Gasteiger partial charge in [0.2, 0.25) is 11.5 Å². The largest absolute Gasteiger partial charge is 0.486 e. The molecule has 0 amide bonds. The number of nitrogen functional groups attached to an aromatic ring is 1. The Kier molecular flexibility index (Phi) is 3.26. The summed E-state index contributed by atoms with van der Waals surface area (Å²) in [5, 5.41) is 14.0. The van der Waals surface area contributed by atoms with E-state index in [4.69, 9.17) is 10.5 Å². The maximum atomic E-state index is 6.10. The number of rotatable bonds is 1. The molecule has 26 heavy (non-hydrogen) atoms. The number of hydrogen-bond acceptors (Lipinski definition) is 7. The fraction of sp³-hybridized carbons (Fsp3) is 0.176. The van der Waals surface area contributed by atoms with Gasteiger partial charge in [-0.1, -0.05) is 15.9 Å². The van der Waals surface area contributed by atoms with Crippen molar-refractivity contribution >= 4 is 43.9 Å². The highest BCUT2D eigenvalue weighted by atomic mass is 79.9. The quantitative estimate of drug-likeness (QED) is 0.480. The predicted molar refractivity (Wildman–Crippen MR) is 102 cm³/mol. The molecule has 4 aromatic rings. The van der Waals surface area contributed by atoms with Gasteiger partial charge in [-0.3, -0.25) is 0 Å². The zero-order valence-electron chi connectivity index (χ0n) is 13.8. The third kappa shape index (κ3) is 2.13. The Morgan fingerprint density at radius 1 is 1.19 bits per heavy atom. The van der Waals surface area contributed by atoms with Crippen LogP contribution >= 0.6 is 15.9 Å². The van der Waals surface area contributed by atoms with Crippen molar-refractivity contribution in [2.24, 2.45) is 0 Å². The van der Waals surface area contributed by atoms with Crippen molar-refractivity contribution in [3.8, 4) is 17.3 Å². The van der Waals surface area contributed by atoms with Crippen LogP contribution in [-0.4, -0.2) is 45.0 Å². The molecule has 0 bridgehead atoms. The fourth-order valence-corrected chi connectivity index (χ4v) is 3.57. The zero-order valence-corrected chi connectivity index (χ0v) is 15.4. The number of anilines is 2. The van der Waals surface area contributed by atoms with Crippen LogP contribution in [0.2, 0.25) is 0 Å². The molecule has 1 aromatic carbocycles. The van der Waals surface area contributed by atoms with E-state index in [2.05, 4.69) is 41.1 Å². The van der Waals surface area contributed by atoms with E-state index < -0.39 is 0 Å². The minimum atomic E-state index is 0.543. The van der Waals surface area contributed by atoms with E-state index in [0.717, 1.165) is 22.1 Å². The Balaban J connectivity index is 1.73. The molecule has 0 radical (unpaired) electrons. The number of aromatic nitrogens is 5. The molecule has 0 fully saturated rings. The number of likely N-dealkylation sites (N-methyl/N-ethyl adjacent to an activating group) is 1. The van der Waals surface area contributed by atoms with Crippen LogP contribution in [0, 0.1) is 0 Å². The first-order valence-corrected chi connectivity index (χ1v) is 8.86. The number of nitrogens with zero attached hydrogens (tertiary/aromatic N) is 6. The summed E-state index contributed by atoms with van der Waals surface area (Å²) < 4.78 is 8.40. The molecule has 9 heteroatoms. The van der Waals surface area contributed by atoms with Crippen molar-refractivity contribution in [2.45, 2.75) is 0 Å². The molecule has 8 nitrogen and oxygen atoms in total. The number of ether oxygens (including phenoxy) is 1. The van der Waals surface area contributed by atoms with Crippen molar-refractivity contribution in [1.82, 2.24) is 24.8 Å². The van der Waals surface area contributed by atoms with E-state index in [-0.39, 0.29) is 0 Å². The molecule has 2 N–H and O–H groups in total. The molecule has 0 aliphatic carbocycles. The molecular formula is C17H14BrN7O. The fourth-order valence-electron chi connectivity index (χ4n) is 3.12. The van der Waals surface area contributed by atoms with E-state index in [1.807, 2.05) is 31.3 Å². The summed E-state index contributed by atoms with van der Waals surface area (Å²) in [6.07, 6.45) is 1.76. The van der Waals surface area contributed by atoms with Gasteiger partial charge in [0.25, 0.3) is 0 Å². The van der Waals surface area contributed by atoms with E-state index in [1.54, 1.807) is 10.7 Å². The van der Waals surface area contributed by atoms with Crippen LogP contribution in [0.4, 0.5) is 11.4 Å². The highest BCUT2D eigenvalue weighted by molar-refractivity contribution is 9.10. The smallest absolute Gasteiger partial charge is 0.222 e. The van der Waals surface area contributed by atoms with Gasteiger partial charge in [0.15, 0.2) is 5.75 Å². The Bertz CT molecular complexity index is 1170. The lowest BCUT2D eigenvalue weighted by Gasteiger charge is -2.26. The molecule has 3 aromatic heterocycles. The van der Waals surface area contributed by atoms with E-state index in [9.17, 15) is 0 Å². The minimum Gasteiger partial charge on any atom is -0.486 e. The predicted octanol–water partition coefficient (Wildman–Crippen LogP) is 2.51. The number of fused-ring (bicyclic) bond motifs is 4. The Morgan fingerprint density at radius 3 is 2.96 bits per heavy atom. The molecule has 0 atom stereocenters. The lowest BCUT2D eigenvalue weighted by molar-refractivity contribution is 0.312. The highest BCUT2D eigenvalue weighted by Gasteiger charge is 2.23. The molecule has 0 saturated carbocycles. The third-order valence-corrected chi connectivity index (χ3v) is 5.21. The van der Waals surface area contributed by atoms with Gasteiger partial charge in [0.05, 0.1) is 23.9 Å². The molecule has 1 aliphatic heterocycles. The average molecular weight is 412 g/mol. The lowest BCUT2D eigenvalue weighted by atomic mass is 10.1. The Hall–Kier alpha value is -2.94. The maximum absolute atomic E-state index is 6.10. The SMILES string of the molecule is CN1CCOc2c1cnn1c(-c3ccc4c(Br)ccc(N)c4n3)nnc21. The van der Waals surface area contributed by atoms with Gasteiger partial charge < -0.3 is 15.4 Å². The summed E-state index contributed by atoms with van der Waals surface area (Å²) in [7, 11) is 2.00. The molecule has 4 heterocycles. The van der Waals surface area contributed by atoms with Crippen LogP contribution in [0.5, 0.6) is 5.75 Å². The highest BCUT2D eigenvalue weighted by Crippen LogP contribution is 2.35. The Labute approximate surface area is 156 Å². The van der Waals surface area contributed by atoms with E-state index in [0.29, 0.717) is 40.7 Å². The second kappa shape index (κ2) is 5.53. The van der Waals surface area contributed by atoms with Crippen molar-refractivity contribution in [2.75, 3.05) is 30.8 Å². The first-order chi connectivity index (χ1) is 12.6. The van der Waals surface area contributed by atoms with Crippen LogP contribution in [0.3, 0.4) is 0 Å². The summed E-state index contributed by atoms with van der Waals surface area (Å²) >= 11 is 3.53. The number of halogens is 1. The summed E-state index contributed by atoms with van der Waals surface area (Å²) in [5.41, 5.74) is 9.54. The second-order valence-electron chi connectivity index (χ2n) is 6.12. The topological polar surface area (TPSA) is 94.5 Å². The standard InChI is InChI=1S/C17H14BrN7O/c1-24-6-7-26-15-13(24)8-20-25-16(22-23-17(15)25)12-5-2-9-10(18)3-4-11(19)14(9)21-12/h2-5,8H,6-7,19H2,1H3. The van der Waals surface area contributed by atoms with Crippen molar-refractivity contribution in [1.29, 1.82) is 0 Å². The molecule has 130 valence electrons. The molecule has 0 spiro atoms. The van der Waals surface area contributed by atoms with E-state index >= 15 is 0 Å². The van der Waals surface area contributed by atoms with Gasteiger partial charge in [-0.15, -0.1) is 10.2 Å². The minimum absolute atomic E-state index is 0.543. The maximum Gasteiger partial charge on any atom is 0.222 e. The van der Waals surface area contributed by atoms with Gasteiger partial charge in [0.1, 0.15) is 18.0 Å². The van der Waals surface area contributed by atoms with Crippen LogP contribution in [-0.2, 0) is 0 Å². The number of nitrogens with two attached hydrogens (primary N) is 1. The molecule has 0 saturated heterocycles. The second-order valence-corrected chi connectivity index (χ2v) is 6.97. The number of hydrogen-bond donors (Lipinski definition) is 1. The van der Waals surface area contributed by atoms with Gasteiger partial charge in [-0.05, 0) is 24.3 Å². The van der Waals surface area contributed by atoms with Crippen LogP contribution in [0.1, 0.15) is 0 Å². The van der Waals surface area contributed by atoms with E-state index in [1.165, 1.54) is 0 Å². The van der Waals surface area contributed by atoms with Crippen LogP contribution < -0.4 is 15.4 Å². The summed E-state index contributed by atoms with van der Waals surface area (Å²) in [6, 6.07) is 7.58. The summed E-state index contributed by atoms with van der Waals surface area (Å²) in [4.78, 5) is 6.78. The zero-order chi connectivity index (χ0) is 17.8. The molecule has 1 aliphatic rings. The van der Waals surface area contributed by atoms with Crippen LogP contribution in [0.25, 0.3) is 28.1 Å². The third-order valence-electron chi connectivity index (χ3n) is 4.52. The monoisotopic (exact) mass is 411 g/mol. The van der Waals surface area contributed by atoms with Gasteiger partial charge in [-0.2, -0.15) is 9.61 Å². The lowest BCUT2D eigenvalue weighted by Crippen LogP contribution is -2.29. The number of pyridine rings is 1. The number of benzene rings is 1. The van der Waals surface area contributed by atoms with Crippen LogP contribution in [0.15, 0.2) is 34.9 Å². The summed E-state index contributed by atoms with van der Waals surface area (Å²) in [6.45, 7) is 1.41. The first kappa shape index (κ1) is 15.3. The Morgan fingerprint density at radius 2 is 2.08 bits per heavy atom. The molecular weight excluding hydrogens is 398 g/mol. The van der Waals surface area contributed by atoms with Gasteiger partial charge in [-0.25, -0.2) is 4.98 Å². The van der Waals surface area contributed by atoms with Crippen molar-refractivity contribution in [3.05, 3.63) is 34.9 Å². The van der Waals surface area contributed by atoms with Crippen molar-refractivity contribution in [3.63, 3.8) is 0 Å². The normalized spacial score (nSPS) is 13.8. The van der Waals surface area contributed by atoms with Gasteiger partial charge in [0, 0.05) is 16.9 Å². The van der Waals surface area contributed by atoms with Crippen molar-refractivity contribution < 1.29 is 4.74 Å². The molecule has 0 unspecified atom stereocenters.